The molecule has 3 heterocycles. The van der Waals surface area contributed by atoms with Crippen LogP contribution in [-0.4, -0.2) is 35.9 Å². The maximum Gasteiger partial charge on any atom is 0.737 e. The second kappa shape index (κ2) is 13.2. The van der Waals surface area contributed by atoms with Crippen LogP contribution in [-0.2, 0) is 19.3 Å². The lowest BCUT2D eigenvalue weighted by atomic mass is 9.82. The van der Waals surface area contributed by atoms with Gasteiger partial charge in [0.05, 0.1) is 19.8 Å². The maximum atomic E-state index is 18.2. The Kier molecular flexibility index (Phi) is 8.03. The van der Waals surface area contributed by atoms with Crippen molar-refractivity contribution in [1.29, 1.82) is 0 Å². The van der Waals surface area contributed by atoms with E-state index in [4.69, 9.17) is 9.47 Å². The third-order valence-corrected chi connectivity index (χ3v) is 13.9. The highest BCUT2D eigenvalue weighted by atomic mass is 79.9. The predicted octanol–water partition coefficient (Wildman–Crippen LogP) is 11.8. The molecule has 6 aromatic carbocycles. The number of nitrogens with zero attached hydrogens (tertiary/aromatic N) is 2. The molecule has 0 radical (unpaired) electrons. The van der Waals surface area contributed by atoms with Crippen molar-refractivity contribution in [2.75, 3.05) is 14.2 Å². The molecular formula is C51H38BBrF2N2O2. The van der Waals surface area contributed by atoms with Crippen molar-refractivity contribution in [2.45, 2.75) is 39.5 Å². The molecular weight excluding hydrogens is 801 g/mol. The summed E-state index contributed by atoms with van der Waals surface area (Å²) in [7, 11) is 3.29. The summed E-state index contributed by atoms with van der Waals surface area (Å²) < 4.78 is 51.5. The van der Waals surface area contributed by atoms with Gasteiger partial charge in [-0.3, -0.25) is 0 Å². The summed E-state index contributed by atoms with van der Waals surface area (Å²) in [6.07, 6.45) is 2.85. The number of halogens is 3. The first-order chi connectivity index (χ1) is 28.7. The van der Waals surface area contributed by atoms with E-state index in [-0.39, 0.29) is 0 Å². The minimum atomic E-state index is -4.35. The molecule has 288 valence electrons. The van der Waals surface area contributed by atoms with Gasteiger partial charge >= 0.3 is 6.97 Å². The predicted molar refractivity (Wildman–Crippen MR) is 238 cm³/mol. The van der Waals surface area contributed by atoms with Gasteiger partial charge in [-0.15, -0.1) is 0 Å². The summed E-state index contributed by atoms with van der Waals surface area (Å²) in [5.74, 6) is 8.46. The van der Waals surface area contributed by atoms with Crippen molar-refractivity contribution < 1.29 is 22.6 Å². The van der Waals surface area contributed by atoms with E-state index in [2.05, 4.69) is 64.2 Å². The van der Waals surface area contributed by atoms with Crippen molar-refractivity contribution in [3.8, 4) is 34.6 Å². The summed E-state index contributed by atoms with van der Waals surface area (Å²) in [5.41, 5.74) is 13.4. The maximum absolute atomic E-state index is 18.2. The van der Waals surface area contributed by atoms with Crippen LogP contribution in [0.15, 0.2) is 131 Å². The number of hydrogen-bond donors (Lipinski definition) is 0. The molecule has 0 saturated carbocycles. The average molecular weight is 840 g/mol. The Balaban J connectivity index is 1.14. The topological polar surface area (TPSA) is 26.4 Å². The lowest BCUT2D eigenvalue weighted by Gasteiger charge is -2.35. The largest absolute Gasteiger partial charge is 0.737 e. The van der Waals surface area contributed by atoms with Crippen LogP contribution in [0.3, 0.4) is 0 Å². The Morgan fingerprint density at radius 2 is 1.27 bits per heavy atom. The monoisotopic (exact) mass is 838 g/mol. The van der Waals surface area contributed by atoms with E-state index in [0.717, 1.165) is 117 Å². The molecule has 0 saturated heterocycles. The van der Waals surface area contributed by atoms with Gasteiger partial charge in [-0.1, -0.05) is 72.5 Å². The van der Waals surface area contributed by atoms with Crippen LogP contribution in [0.5, 0.6) is 11.5 Å². The number of rotatable bonds is 3. The van der Waals surface area contributed by atoms with Crippen molar-refractivity contribution in [1.82, 2.24) is 4.48 Å². The molecule has 7 aromatic rings. The molecule has 8 heteroatoms. The van der Waals surface area contributed by atoms with Crippen LogP contribution in [0, 0.1) is 18.8 Å². The number of benzene rings is 6. The Hall–Kier alpha value is -6.17. The highest BCUT2D eigenvalue weighted by Crippen LogP contribution is 2.52. The van der Waals surface area contributed by atoms with Gasteiger partial charge in [-0.2, -0.15) is 0 Å². The fraction of sp³-hybridized carbons (Fsp3) is 0.157. The molecule has 0 atom stereocenters. The number of aryl methyl sites for hydroxylation is 2. The molecule has 0 amide bonds. The highest BCUT2D eigenvalue weighted by Gasteiger charge is 2.59. The zero-order valence-corrected chi connectivity index (χ0v) is 34.7. The molecule has 4 aliphatic rings. The van der Waals surface area contributed by atoms with Gasteiger partial charge in [0.1, 0.15) is 11.5 Å². The first-order valence-corrected chi connectivity index (χ1v) is 20.9. The second-order valence-corrected chi connectivity index (χ2v) is 16.8. The van der Waals surface area contributed by atoms with E-state index in [1.165, 1.54) is 8.96 Å². The minimum Gasteiger partial charge on any atom is -0.497 e. The van der Waals surface area contributed by atoms with E-state index in [1.807, 2.05) is 86.6 Å². The number of hydrogen-bond acceptors (Lipinski definition) is 2. The Morgan fingerprint density at radius 3 is 1.92 bits per heavy atom. The number of ether oxygens (including phenoxy) is 2. The van der Waals surface area contributed by atoms with Crippen molar-refractivity contribution in [3.63, 3.8) is 0 Å². The third-order valence-electron chi connectivity index (χ3n) is 13.0. The van der Waals surface area contributed by atoms with Gasteiger partial charge in [-0.25, -0.2) is 0 Å². The van der Waals surface area contributed by atoms with Crippen LogP contribution in [0.4, 0.5) is 8.63 Å². The molecule has 0 spiro atoms. The summed E-state index contributed by atoms with van der Waals surface area (Å²) in [6, 6.07) is 36.6. The smallest absolute Gasteiger partial charge is 0.497 e. The minimum absolute atomic E-state index is 0.593. The van der Waals surface area contributed by atoms with Gasteiger partial charge in [0.25, 0.3) is 0 Å². The fourth-order valence-electron chi connectivity index (χ4n) is 10.3. The van der Waals surface area contributed by atoms with E-state index in [9.17, 15) is 0 Å². The van der Waals surface area contributed by atoms with Crippen molar-refractivity contribution >= 4 is 55.7 Å². The lowest BCUT2D eigenvalue weighted by molar-refractivity contribution is -0.362. The van der Waals surface area contributed by atoms with Gasteiger partial charge in [0, 0.05) is 43.7 Å². The zero-order chi connectivity index (χ0) is 40.3. The van der Waals surface area contributed by atoms with Gasteiger partial charge in [0.2, 0.25) is 0 Å². The summed E-state index contributed by atoms with van der Waals surface area (Å²) >= 11 is 3.85. The fourth-order valence-corrected chi connectivity index (χ4v) is 11.0. The summed E-state index contributed by atoms with van der Waals surface area (Å²) in [5, 5.41) is 4.40. The molecule has 11 rings (SSSR count). The standard InChI is InChI=1S/C51H38BBrF2N2O2/c1-29-37-23-18-33-27-35(58-3)20-25-39(33)50(37)56-48(29)46(49-30(2)38-24-19-34-28-36(59-4)21-26-40(34)51(38)57(49)52(56,54)55)32-16-13-31(14-17-32)15-22-43-41-9-5-7-11-44(41)47(53)45-12-8-6-10-42(43)45/h5-14,16-17,20-21,25-28H,18-19,23-24H2,1-4H3. The van der Waals surface area contributed by atoms with Gasteiger partial charge in [-0.05, 0) is 159 Å². The van der Waals surface area contributed by atoms with Crippen molar-refractivity contribution in [3.05, 3.63) is 181 Å². The normalized spacial score (nSPS) is 15.9. The molecule has 0 bridgehead atoms. The lowest BCUT2D eigenvalue weighted by Crippen LogP contribution is -2.52. The van der Waals surface area contributed by atoms with Gasteiger partial charge < -0.3 is 27.1 Å². The number of aromatic nitrogens is 1. The second-order valence-electron chi connectivity index (χ2n) is 16.0. The summed E-state index contributed by atoms with van der Waals surface area (Å²) in [6.45, 7) is -0.282. The first kappa shape index (κ1) is 36.0. The van der Waals surface area contributed by atoms with E-state index in [1.54, 1.807) is 14.2 Å². The van der Waals surface area contributed by atoms with Crippen molar-refractivity contribution in [2.24, 2.45) is 0 Å². The molecule has 0 N–H and O–H groups in total. The average Bonchev–Trinajstić information content (AvgIpc) is 3.75. The molecule has 59 heavy (non-hydrogen) atoms. The third kappa shape index (κ3) is 5.10. The molecule has 2 aliphatic heterocycles. The Morgan fingerprint density at radius 1 is 0.678 bits per heavy atom. The van der Waals surface area contributed by atoms with Crippen LogP contribution >= 0.6 is 15.9 Å². The Bertz CT molecular complexity index is 3140. The summed E-state index contributed by atoms with van der Waals surface area (Å²) in [4.78, 5) is 0. The van der Waals surface area contributed by atoms with E-state index < -0.39 is 6.97 Å². The van der Waals surface area contributed by atoms with Crippen LogP contribution < -0.4 is 9.47 Å². The molecule has 2 aliphatic carbocycles. The highest BCUT2D eigenvalue weighted by molar-refractivity contribution is 9.10. The molecule has 4 nitrogen and oxygen atoms in total. The Labute approximate surface area is 350 Å². The van der Waals surface area contributed by atoms with Crippen LogP contribution in [0.2, 0.25) is 0 Å². The SMILES string of the molecule is COc1ccc2c(c1)CCC1=C(C)C3=C(c4ccc(C#Cc5c6ccccc6c(Br)c6ccccc56)cc4)c4c(C)c5c(n4[B-](F)(F)[N+]3=C12)-c1ccc(OC)cc1CC5. The number of fused-ring (bicyclic) bond motifs is 11. The van der Waals surface area contributed by atoms with Crippen LogP contribution in [0.1, 0.15) is 63.5 Å². The van der Waals surface area contributed by atoms with E-state index in [0.29, 0.717) is 35.6 Å². The quantitative estimate of drug-likeness (QED) is 0.101. The molecule has 0 unspecified atom stereocenters. The van der Waals surface area contributed by atoms with E-state index >= 15 is 8.63 Å². The first-order valence-electron chi connectivity index (χ1n) is 20.1. The van der Waals surface area contributed by atoms with Crippen LogP contribution in [0.25, 0.3) is 38.4 Å². The zero-order valence-electron chi connectivity index (χ0n) is 33.1. The van der Waals surface area contributed by atoms with Gasteiger partial charge in [0.15, 0.2) is 11.4 Å². The number of methoxy groups -OCH3 is 2. The number of allylic oxidation sites excluding steroid dienone is 2. The molecule has 1 aromatic heterocycles. The molecule has 0 fully saturated rings.